The molecule has 2 aromatic rings. The fourth-order valence-electron chi connectivity index (χ4n) is 1.29. The predicted molar refractivity (Wildman–Crippen MR) is 64.9 cm³/mol. The minimum absolute atomic E-state index is 0.0929. The Bertz CT molecular complexity index is 610. The third-order valence-electron chi connectivity index (χ3n) is 2.05. The molecule has 1 amide bonds. The maximum absolute atomic E-state index is 11.7. The Labute approximate surface area is 112 Å². The highest BCUT2D eigenvalue weighted by atomic mass is 35.5. The zero-order valence-corrected chi connectivity index (χ0v) is 10.2. The van der Waals surface area contributed by atoms with E-state index >= 15 is 0 Å². The molecule has 2 aromatic heterocycles. The molecular formula is C10H8ClN5O3. The summed E-state index contributed by atoms with van der Waals surface area (Å²) < 4.78 is 1.19. The van der Waals surface area contributed by atoms with Gasteiger partial charge in [-0.15, -0.1) is 10.2 Å². The number of rotatable bonds is 4. The molecule has 9 heteroatoms. The molecule has 0 spiro atoms. The fourth-order valence-corrected chi connectivity index (χ4v) is 1.39. The molecule has 8 nitrogen and oxygen atoms in total. The van der Waals surface area contributed by atoms with Gasteiger partial charge in [0.2, 0.25) is 0 Å². The second-order valence-electron chi connectivity index (χ2n) is 3.52. The van der Waals surface area contributed by atoms with Crippen molar-refractivity contribution in [1.29, 1.82) is 0 Å². The smallest absolute Gasteiger partial charge is 0.325 e. The molecule has 2 heterocycles. The highest BCUT2D eigenvalue weighted by molar-refractivity contribution is 6.29. The lowest BCUT2D eigenvalue weighted by atomic mass is 10.3. The average Bonchev–Trinajstić information content (AvgIpc) is 2.76. The molecule has 0 atom stereocenters. The molecule has 0 saturated carbocycles. The van der Waals surface area contributed by atoms with Crippen molar-refractivity contribution < 1.29 is 14.7 Å². The largest absolute Gasteiger partial charge is 0.480 e. The van der Waals surface area contributed by atoms with Gasteiger partial charge in [0.15, 0.2) is 10.8 Å². The molecule has 0 radical (unpaired) electrons. The van der Waals surface area contributed by atoms with Gasteiger partial charge >= 0.3 is 5.97 Å². The van der Waals surface area contributed by atoms with Crippen LogP contribution < -0.4 is 5.32 Å². The first-order valence-corrected chi connectivity index (χ1v) is 5.47. The third-order valence-corrected chi connectivity index (χ3v) is 2.25. The summed E-state index contributed by atoms with van der Waals surface area (Å²) in [5.74, 6) is -1.51. The Morgan fingerprint density at radius 3 is 2.79 bits per heavy atom. The van der Waals surface area contributed by atoms with Gasteiger partial charge in [0.05, 0.1) is 11.9 Å². The zero-order valence-electron chi connectivity index (χ0n) is 9.45. The zero-order chi connectivity index (χ0) is 13.8. The van der Waals surface area contributed by atoms with Crippen molar-refractivity contribution >= 4 is 29.2 Å². The van der Waals surface area contributed by atoms with E-state index < -0.39 is 11.9 Å². The second kappa shape index (κ2) is 5.44. The van der Waals surface area contributed by atoms with Crippen molar-refractivity contribution in [3.63, 3.8) is 0 Å². The molecule has 2 rings (SSSR count). The van der Waals surface area contributed by atoms with E-state index in [1.165, 1.54) is 29.2 Å². The van der Waals surface area contributed by atoms with Crippen LogP contribution in [0, 0.1) is 0 Å². The van der Waals surface area contributed by atoms with Gasteiger partial charge in [-0.25, -0.2) is 0 Å². The monoisotopic (exact) mass is 281 g/mol. The molecule has 0 bridgehead atoms. The number of hydrogen-bond donors (Lipinski definition) is 2. The van der Waals surface area contributed by atoms with Gasteiger partial charge in [0, 0.05) is 6.20 Å². The summed E-state index contributed by atoms with van der Waals surface area (Å²) >= 11 is 5.55. The maximum Gasteiger partial charge on any atom is 0.325 e. The van der Waals surface area contributed by atoms with Crippen molar-refractivity contribution in [3.8, 4) is 0 Å². The number of carboxylic acid groups (broad SMARTS) is 1. The van der Waals surface area contributed by atoms with Gasteiger partial charge in [-0.2, -0.15) is 5.10 Å². The number of aromatic nitrogens is 4. The van der Waals surface area contributed by atoms with E-state index in [9.17, 15) is 9.59 Å². The summed E-state index contributed by atoms with van der Waals surface area (Å²) in [5, 5.41) is 22.2. The van der Waals surface area contributed by atoms with E-state index in [0.717, 1.165) is 0 Å². The number of carboxylic acids is 1. The summed E-state index contributed by atoms with van der Waals surface area (Å²) in [4.78, 5) is 22.2. The lowest BCUT2D eigenvalue weighted by molar-refractivity contribution is -0.137. The van der Waals surface area contributed by atoms with Crippen LogP contribution in [-0.4, -0.2) is 37.0 Å². The van der Waals surface area contributed by atoms with Crippen molar-refractivity contribution in [2.24, 2.45) is 0 Å². The van der Waals surface area contributed by atoms with Gasteiger partial charge in [0.1, 0.15) is 6.54 Å². The highest BCUT2D eigenvalue weighted by Gasteiger charge is 2.10. The van der Waals surface area contributed by atoms with Crippen LogP contribution in [0.15, 0.2) is 24.5 Å². The first kappa shape index (κ1) is 13.0. The summed E-state index contributed by atoms with van der Waals surface area (Å²) in [6.07, 6.45) is 2.74. The topological polar surface area (TPSA) is 110 Å². The Morgan fingerprint density at radius 2 is 2.16 bits per heavy atom. The lowest BCUT2D eigenvalue weighted by Gasteiger charge is -2.00. The Morgan fingerprint density at radius 1 is 1.37 bits per heavy atom. The Balaban J connectivity index is 2.04. The van der Waals surface area contributed by atoms with E-state index in [1.807, 2.05) is 0 Å². The number of nitrogens with zero attached hydrogens (tertiary/aromatic N) is 4. The molecule has 2 N–H and O–H groups in total. The highest BCUT2D eigenvalue weighted by Crippen LogP contribution is 2.08. The quantitative estimate of drug-likeness (QED) is 0.852. The van der Waals surface area contributed by atoms with Crippen LogP contribution in [0.2, 0.25) is 5.15 Å². The Hall–Kier alpha value is -2.48. The third kappa shape index (κ3) is 3.49. The van der Waals surface area contributed by atoms with Crippen LogP contribution in [0.1, 0.15) is 10.5 Å². The van der Waals surface area contributed by atoms with Gasteiger partial charge in [-0.3, -0.25) is 14.3 Å². The Kier molecular flexibility index (Phi) is 3.71. The lowest BCUT2D eigenvalue weighted by Crippen LogP contribution is -2.14. The number of carbonyl (C=O) groups is 2. The van der Waals surface area contributed by atoms with Crippen LogP contribution in [0.3, 0.4) is 0 Å². The van der Waals surface area contributed by atoms with E-state index in [2.05, 4.69) is 20.6 Å². The molecular weight excluding hydrogens is 274 g/mol. The first-order valence-electron chi connectivity index (χ1n) is 5.09. The normalized spacial score (nSPS) is 10.2. The van der Waals surface area contributed by atoms with Crippen LogP contribution in [0.4, 0.5) is 5.69 Å². The second-order valence-corrected chi connectivity index (χ2v) is 3.90. The molecule has 0 aliphatic carbocycles. The van der Waals surface area contributed by atoms with E-state index in [4.69, 9.17) is 16.7 Å². The number of amides is 1. The van der Waals surface area contributed by atoms with Crippen molar-refractivity contribution in [3.05, 3.63) is 35.4 Å². The standard InChI is InChI=1S/C10H8ClN5O3/c11-8-2-1-7(14-15-8)10(19)13-6-3-12-16(4-6)5-9(17)18/h1-4H,5H2,(H,13,19)(H,17,18). The van der Waals surface area contributed by atoms with Crippen molar-refractivity contribution in [1.82, 2.24) is 20.0 Å². The average molecular weight is 282 g/mol. The molecule has 0 unspecified atom stereocenters. The van der Waals surface area contributed by atoms with Crippen LogP contribution in [0.25, 0.3) is 0 Å². The van der Waals surface area contributed by atoms with E-state index in [0.29, 0.717) is 5.69 Å². The van der Waals surface area contributed by atoms with Gasteiger partial charge < -0.3 is 10.4 Å². The minimum atomic E-state index is -1.02. The summed E-state index contributed by atoms with van der Waals surface area (Å²) in [7, 11) is 0. The molecule has 0 aliphatic rings. The molecule has 0 saturated heterocycles. The van der Waals surface area contributed by atoms with Crippen LogP contribution >= 0.6 is 11.6 Å². The van der Waals surface area contributed by atoms with Crippen LogP contribution in [0.5, 0.6) is 0 Å². The van der Waals surface area contributed by atoms with Gasteiger partial charge in [0.25, 0.3) is 5.91 Å². The number of hydrogen-bond acceptors (Lipinski definition) is 5. The number of halogens is 1. The minimum Gasteiger partial charge on any atom is -0.480 e. The number of aliphatic carboxylic acids is 1. The SMILES string of the molecule is O=C(O)Cn1cc(NC(=O)c2ccc(Cl)nn2)cn1. The number of anilines is 1. The number of nitrogens with one attached hydrogen (secondary N) is 1. The summed E-state index contributed by atoms with van der Waals surface area (Å²) in [6.45, 7) is -0.281. The molecule has 19 heavy (non-hydrogen) atoms. The van der Waals surface area contributed by atoms with Crippen LogP contribution in [-0.2, 0) is 11.3 Å². The van der Waals surface area contributed by atoms with E-state index in [1.54, 1.807) is 0 Å². The van der Waals surface area contributed by atoms with E-state index in [-0.39, 0.29) is 17.4 Å². The molecule has 0 fully saturated rings. The molecule has 0 aliphatic heterocycles. The predicted octanol–water partition coefficient (Wildman–Crippen LogP) is 0.663. The van der Waals surface area contributed by atoms with Gasteiger partial charge in [-0.05, 0) is 12.1 Å². The molecule has 98 valence electrons. The summed E-state index contributed by atoms with van der Waals surface area (Å²) in [6, 6.07) is 2.86. The van der Waals surface area contributed by atoms with Gasteiger partial charge in [-0.1, -0.05) is 11.6 Å². The maximum atomic E-state index is 11.7. The fraction of sp³-hybridized carbons (Fsp3) is 0.100. The summed E-state index contributed by atoms with van der Waals surface area (Å²) in [5.41, 5.74) is 0.457. The molecule has 0 aromatic carbocycles. The number of carbonyl (C=O) groups excluding carboxylic acids is 1. The first-order chi connectivity index (χ1) is 9.04. The van der Waals surface area contributed by atoms with Crippen molar-refractivity contribution in [2.45, 2.75) is 6.54 Å². The van der Waals surface area contributed by atoms with Crippen molar-refractivity contribution in [2.75, 3.05) is 5.32 Å².